The van der Waals surface area contributed by atoms with E-state index in [1.807, 2.05) is 0 Å². The molecule has 1 nitrogen and oxygen atoms in total. The first-order chi connectivity index (χ1) is 7.16. The molecule has 0 radical (unpaired) electrons. The van der Waals surface area contributed by atoms with Crippen LogP contribution in [0.1, 0.15) is 31.4 Å². The molecular weight excluding hydrogens is 182 g/mol. The lowest BCUT2D eigenvalue weighted by Crippen LogP contribution is -2.31. The topological polar surface area (TPSA) is 26.0 Å². The second-order valence-corrected chi connectivity index (χ2v) is 5.23. The Morgan fingerprint density at radius 3 is 2.20 bits per heavy atom. The van der Waals surface area contributed by atoms with E-state index in [0.717, 1.165) is 6.42 Å². The Morgan fingerprint density at radius 2 is 1.73 bits per heavy atom. The molecular formula is C14H21N. The van der Waals surface area contributed by atoms with Gasteiger partial charge in [0.15, 0.2) is 0 Å². The van der Waals surface area contributed by atoms with Crippen molar-refractivity contribution in [2.24, 2.45) is 17.6 Å². The highest BCUT2D eigenvalue weighted by Gasteiger charge is 2.26. The van der Waals surface area contributed by atoms with Gasteiger partial charge in [-0.05, 0) is 42.2 Å². The van der Waals surface area contributed by atoms with Gasteiger partial charge < -0.3 is 5.73 Å². The lowest BCUT2D eigenvalue weighted by atomic mass is 9.90. The molecule has 0 aromatic heterocycles. The molecule has 15 heavy (non-hydrogen) atoms. The molecule has 0 amide bonds. The average Bonchev–Trinajstić information content (AvgIpc) is 2.59. The van der Waals surface area contributed by atoms with Gasteiger partial charge in [0.2, 0.25) is 0 Å². The van der Waals surface area contributed by atoms with Crippen molar-refractivity contribution >= 4 is 0 Å². The molecule has 0 bridgehead atoms. The molecule has 1 aliphatic rings. The Morgan fingerprint density at radius 1 is 1.20 bits per heavy atom. The zero-order valence-electron chi connectivity index (χ0n) is 9.74. The predicted octanol–water partition coefficient (Wildman–Crippen LogP) is 2.77. The zero-order chi connectivity index (χ0) is 10.8. The maximum absolute atomic E-state index is 6.26. The summed E-state index contributed by atoms with van der Waals surface area (Å²) in [5.41, 5.74) is 9.29. The van der Waals surface area contributed by atoms with Crippen LogP contribution in [0.2, 0.25) is 0 Å². The molecule has 1 aliphatic carbocycles. The number of nitrogens with two attached hydrogens (primary N) is 1. The molecule has 1 unspecified atom stereocenters. The van der Waals surface area contributed by atoms with E-state index in [1.165, 1.54) is 24.0 Å². The number of benzene rings is 1. The van der Waals surface area contributed by atoms with Gasteiger partial charge in [-0.15, -0.1) is 0 Å². The standard InChI is InChI=1S/C14H21N/c1-10(2)7-14(15)13-8-11-5-3-4-6-12(11)9-13/h3-6,10,13-14H,7-9,15H2,1-2H3. The van der Waals surface area contributed by atoms with E-state index in [-0.39, 0.29) is 0 Å². The maximum Gasteiger partial charge on any atom is 0.00759 e. The molecule has 1 atom stereocenters. The molecule has 82 valence electrons. The van der Waals surface area contributed by atoms with Crippen molar-refractivity contribution in [3.05, 3.63) is 35.4 Å². The third-order valence-electron chi connectivity index (χ3n) is 3.43. The van der Waals surface area contributed by atoms with E-state index in [0.29, 0.717) is 17.9 Å². The van der Waals surface area contributed by atoms with Crippen molar-refractivity contribution in [2.45, 2.75) is 39.2 Å². The van der Waals surface area contributed by atoms with Crippen LogP contribution < -0.4 is 5.73 Å². The second-order valence-electron chi connectivity index (χ2n) is 5.23. The maximum atomic E-state index is 6.26. The fraction of sp³-hybridized carbons (Fsp3) is 0.571. The molecule has 0 heterocycles. The average molecular weight is 203 g/mol. The zero-order valence-corrected chi connectivity index (χ0v) is 9.74. The van der Waals surface area contributed by atoms with Crippen LogP contribution in [-0.4, -0.2) is 6.04 Å². The summed E-state index contributed by atoms with van der Waals surface area (Å²) < 4.78 is 0. The quantitative estimate of drug-likeness (QED) is 0.803. The van der Waals surface area contributed by atoms with Gasteiger partial charge in [0.25, 0.3) is 0 Å². The van der Waals surface area contributed by atoms with Gasteiger partial charge >= 0.3 is 0 Å². The van der Waals surface area contributed by atoms with Crippen molar-refractivity contribution in [3.8, 4) is 0 Å². The Balaban J connectivity index is 2.00. The number of rotatable bonds is 3. The summed E-state index contributed by atoms with van der Waals surface area (Å²) in [6.07, 6.45) is 3.52. The first-order valence-electron chi connectivity index (χ1n) is 5.99. The van der Waals surface area contributed by atoms with Crippen LogP contribution in [-0.2, 0) is 12.8 Å². The van der Waals surface area contributed by atoms with Crippen LogP contribution in [0.15, 0.2) is 24.3 Å². The van der Waals surface area contributed by atoms with Gasteiger partial charge in [0.05, 0.1) is 0 Å². The van der Waals surface area contributed by atoms with Crippen LogP contribution in [0.4, 0.5) is 0 Å². The fourth-order valence-electron chi connectivity index (χ4n) is 2.63. The van der Waals surface area contributed by atoms with E-state index < -0.39 is 0 Å². The molecule has 1 aromatic rings. The van der Waals surface area contributed by atoms with E-state index in [2.05, 4.69) is 38.1 Å². The Hall–Kier alpha value is -0.820. The predicted molar refractivity (Wildman–Crippen MR) is 64.8 cm³/mol. The Kier molecular flexibility index (Phi) is 3.11. The molecule has 0 saturated heterocycles. The largest absolute Gasteiger partial charge is 0.327 e. The smallest absolute Gasteiger partial charge is 0.00759 e. The van der Waals surface area contributed by atoms with Gasteiger partial charge in [0, 0.05) is 6.04 Å². The minimum Gasteiger partial charge on any atom is -0.327 e. The van der Waals surface area contributed by atoms with Crippen molar-refractivity contribution in [1.82, 2.24) is 0 Å². The van der Waals surface area contributed by atoms with Gasteiger partial charge in [-0.1, -0.05) is 38.1 Å². The van der Waals surface area contributed by atoms with Crippen molar-refractivity contribution in [3.63, 3.8) is 0 Å². The molecule has 0 saturated carbocycles. The minimum absolute atomic E-state index is 0.373. The van der Waals surface area contributed by atoms with Crippen molar-refractivity contribution in [2.75, 3.05) is 0 Å². The van der Waals surface area contributed by atoms with Gasteiger partial charge in [-0.25, -0.2) is 0 Å². The third-order valence-corrected chi connectivity index (χ3v) is 3.43. The highest BCUT2D eigenvalue weighted by molar-refractivity contribution is 5.32. The van der Waals surface area contributed by atoms with E-state index >= 15 is 0 Å². The number of hydrogen-bond acceptors (Lipinski definition) is 1. The number of fused-ring (bicyclic) bond motifs is 1. The molecule has 0 aliphatic heterocycles. The summed E-state index contributed by atoms with van der Waals surface area (Å²) in [5, 5.41) is 0. The van der Waals surface area contributed by atoms with E-state index in [1.54, 1.807) is 0 Å². The van der Waals surface area contributed by atoms with Crippen LogP contribution >= 0.6 is 0 Å². The SMILES string of the molecule is CC(C)CC(N)C1Cc2ccccc2C1. The van der Waals surface area contributed by atoms with Gasteiger partial charge in [-0.3, -0.25) is 0 Å². The highest BCUT2D eigenvalue weighted by Crippen LogP contribution is 2.29. The Bertz CT molecular complexity index is 305. The minimum atomic E-state index is 0.373. The number of hydrogen-bond donors (Lipinski definition) is 1. The van der Waals surface area contributed by atoms with Crippen molar-refractivity contribution < 1.29 is 0 Å². The molecule has 2 rings (SSSR count). The molecule has 1 heteroatoms. The summed E-state index contributed by atoms with van der Waals surface area (Å²) in [6.45, 7) is 4.50. The van der Waals surface area contributed by atoms with Crippen LogP contribution in [0, 0.1) is 11.8 Å². The summed E-state index contributed by atoms with van der Waals surface area (Å²) in [4.78, 5) is 0. The monoisotopic (exact) mass is 203 g/mol. The molecule has 2 N–H and O–H groups in total. The van der Waals surface area contributed by atoms with Crippen LogP contribution in [0.3, 0.4) is 0 Å². The molecule has 1 aromatic carbocycles. The second kappa shape index (κ2) is 4.36. The van der Waals surface area contributed by atoms with Crippen LogP contribution in [0.5, 0.6) is 0 Å². The Labute approximate surface area is 92.7 Å². The first-order valence-corrected chi connectivity index (χ1v) is 5.99. The van der Waals surface area contributed by atoms with Crippen LogP contribution in [0.25, 0.3) is 0 Å². The summed E-state index contributed by atoms with van der Waals surface area (Å²) >= 11 is 0. The third kappa shape index (κ3) is 2.40. The van der Waals surface area contributed by atoms with Gasteiger partial charge in [-0.2, -0.15) is 0 Å². The normalized spacial score (nSPS) is 18.1. The lowest BCUT2D eigenvalue weighted by Gasteiger charge is -2.20. The van der Waals surface area contributed by atoms with E-state index in [9.17, 15) is 0 Å². The summed E-state index contributed by atoms with van der Waals surface area (Å²) in [6, 6.07) is 9.14. The lowest BCUT2D eigenvalue weighted by molar-refractivity contribution is 0.373. The fourth-order valence-corrected chi connectivity index (χ4v) is 2.63. The summed E-state index contributed by atoms with van der Waals surface area (Å²) in [5.74, 6) is 1.38. The van der Waals surface area contributed by atoms with Gasteiger partial charge in [0.1, 0.15) is 0 Å². The van der Waals surface area contributed by atoms with Crippen molar-refractivity contribution in [1.29, 1.82) is 0 Å². The first kappa shape index (κ1) is 10.7. The molecule has 0 fully saturated rings. The van der Waals surface area contributed by atoms with E-state index in [4.69, 9.17) is 5.73 Å². The highest BCUT2D eigenvalue weighted by atomic mass is 14.7. The summed E-state index contributed by atoms with van der Waals surface area (Å²) in [7, 11) is 0. The molecule has 0 spiro atoms.